The largest absolute Gasteiger partial charge is 0.243 e. The van der Waals surface area contributed by atoms with E-state index in [0.29, 0.717) is 29.8 Å². The molecule has 1 unspecified atom stereocenters. The minimum absolute atomic E-state index is 0.404. The Hall–Kier alpha value is -0.580. The number of hydrogen-bond acceptors (Lipinski definition) is 2. The van der Waals surface area contributed by atoms with E-state index in [9.17, 15) is 8.42 Å². The molecule has 112 valence electrons. The van der Waals surface area contributed by atoms with E-state index in [1.165, 1.54) is 0 Å². The van der Waals surface area contributed by atoms with Crippen molar-refractivity contribution >= 4 is 21.6 Å². The van der Waals surface area contributed by atoms with E-state index in [1.54, 1.807) is 16.4 Å². The molecule has 1 aliphatic rings. The minimum Gasteiger partial charge on any atom is -0.207 e. The Kier molecular flexibility index (Phi) is 5.47. The van der Waals surface area contributed by atoms with Gasteiger partial charge in [0.1, 0.15) is 0 Å². The van der Waals surface area contributed by atoms with Gasteiger partial charge in [0.25, 0.3) is 0 Å². The molecule has 1 fully saturated rings. The zero-order valence-corrected chi connectivity index (χ0v) is 13.5. The van der Waals surface area contributed by atoms with Gasteiger partial charge in [-0.3, -0.25) is 0 Å². The highest BCUT2D eigenvalue weighted by atomic mass is 35.5. The molecular weight excluding hydrogens is 294 g/mol. The summed E-state index contributed by atoms with van der Waals surface area (Å²) in [5, 5.41) is 0. The average molecular weight is 316 g/mol. The van der Waals surface area contributed by atoms with Crippen LogP contribution in [0.3, 0.4) is 0 Å². The Bertz CT molecular complexity index is 527. The number of rotatable bonds is 5. The lowest BCUT2D eigenvalue weighted by Crippen LogP contribution is -2.39. The smallest absolute Gasteiger partial charge is 0.207 e. The van der Waals surface area contributed by atoms with Crippen molar-refractivity contribution in [3.63, 3.8) is 0 Å². The molecule has 1 aromatic rings. The van der Waals surface area contributed by atoms with Crippen molar-refractivity contribution in [3.8, 4) is 0 Å². The fourth-order valence-electron chi connectivity index (χ4n) is 2.61. The van der Waals surface area contributed by atoms with Crippen molar-refractivity contribution in [1.29, 1.82) is 0 Å². The zero-order chi connectivity index (χ0) is 14.6. The van der Waals surface area contributed by atoms with Crippen LogP contribution in [0.2, 0.25) is 0 Å². The van der Waals surface area contributed by atoms with E-state index >= 15 is 0 Å². The molecule has 3 nitrogen and oxygen atoms in total. The van der Waals surface area contributed by atoms with Crippen molar-refractivity contribution in [2.24, 2.45) is 5.92 Å². The Balaban J connectivity index is 2.12. The SMILES string of the molecule is CC1CCCN(S(=O)(=O)c2ccc(CCCCl)cc2)C1. The Labute approximate surface area is 127 Å². The van der Waals surface area contributed by atoms with Gasteiger partial charge in [0, 0.05) is 19.0 Å². The summed E-state index contributed by atoms with van der Waals surface area (Å²) in [4.78, 5) is 0.404. The minimum atomic E-state index is -3.32. The number of halogens is 1. The first kappa shape index (κ1) is 15.8. The summed E-state index contributed by atoms with van der Waals surface area (Å²) in [7, 11) is -3.32. The van der Waals surface area contributed by atoms with E-state index in [-0.39, 0.29) is 0 Å². The first-order valence-electron chi connectivity index (χ1n) is 7.19. The lowest BCUT2D eigenvalue weighted by Gasteiger charge is -2.30. The predicted molar refractivity (Wildman–Crippen MR) is 82.6 cm³/mol. The molecule has 1 heterocycles. The highest BCUT2D eigenvalue weighted by molar-refractivity contribution is 7.89. The molecule has 0 N–H and O–H groups in total. The molecule has 1 atom stereocenters. The molecule has 0 spiro atoms. The van der Waals surface area contributed by atoms with E-state index in [2.05, 4.69) is 6.92 Å². The summed E-state index contributed by atoms with van der Waals surface area (Å²) in [5.41, 5.74) is 1.14. The third kappa shape index (κ3) is 3.74. The summed E-state index contributed by atoms with van der Waals surface area (Å²) in [6.07, 6.45) is 3.87. The van der Waals surface area contributed by atoms with Crippen molar-refractivity contribution in [2.45, 2.75) is 37.5 Å². The maximum absolute atomic E-state index is 12.6. The molecule has 0 saturated carbocycles. The molecule has 1 aliphatic heterocycles. The van der Waals surface area contributed by atoms with Gasteiger partial charge in [-0.05, 0) is 49.3 Å². The van der Waals surface area contributed by atoms with E-state index in [0.717, 1.165) is 31.2 Å². The van der Waals surface area contributed by atoms with Crippen LogP contribution in [-0.4, -0.2) is 31.7 Å². The Morgan fingerprint density at radius 2 is 2.00 bits per heavy atom. The van der Waals surface area contributed by atoms with E-state index in [1.807, 2.05) is 12.1 Å². The fraction of sp³-hybridized carbons (Fsp3) is 0.600. The summed E-state index contributed by atoms with van der Waals surface area (Å²) in [5.74, 6) is 1.08. The molecule has 20 heavy (non-hydrogen) atoms. The van der Waals surface area contributed by atoms with Gasteiger partial charge in [-0.15, -0.1) is 11.6 Å². The van der Waals surface area contributed by atoms with Gasteiger partial charge < -0.3 is 0 Å². The van der Waals surface area contributed by atoms with Gasteiger partial charge in [0.15, 0.2) is 0 Å². The number of piperidine rings is 1. The quantitative estimate of drug-likeness (QED) is 0.782. The van der Waals surface area contributed by atoms with Crippen molar-refractivity contribution in [1.82, 2.24) is 4.31 Å². The molecule has 0 radical (unpaired) electrons. The second-order valence-electron chi connectivity index (χ2n) is 5.55. The molecule has 2 rings (SSSR count). The highest BCUT2D eigenvalue weighted by Crippen LogP contribution is 2.23. The number of nitrogens with zero attached hydrogens (tertiary/aromatic N) is 1. The van der Waals surface area contributed by atoms with Crippen molar-refractivity contribution in [3.05, 3.63) is 29.8 Å². The first-order valence-corrected chi connectivity index (χ1v) is 9.16. The van der Waals surface area contributed by atoms with Crippen LogP contribution in [0.15, 0.2) is 29.2 Å². The van der Waals surface area contributed by atoms with Gasteiger partial charge in [-0.2, -0.15) is 4.31 Å². The lowest BCUT2D eigenvalue weighted by atomic mass is 10.0. The normalized spacial score (nSPS) is 21.0. The maximum atomic E-state index is 12.6. The molecule has 5 heteroatoms. The van der Waals surface area contributed by atoms with Crippen LogP contribution >= 0.6 is 11.6 Å². The summed E-state index contributed by atoms with van der Waals surface area (Å²) in [6.45, 7) is 3.38. The van der Waals surface area contributed by atoms with Crippen molar-refractivity contribution in [2.75, 3.05) is 19.0 Å². The molecular formula is C15H22ClNO2S. The first-order chi connectivity index (χ1) is 9.54. The average Bonchev–Trinajstić information content (AvgIpc) is 2.45. The third-order valence-electron chi connectivity index (χ3n) is 3.78. The second-order valence-corrected chi connectivity index (χ2v) is 7.86. The van der Waals surface area contributed by atoms with Gasteiger partial charge in [0.2, 0.25) is 10.0 Å². The molecule has 0 bridgehead atoms. The summed E-state index contributed by atoms with van der Waals surface area (Å²) >= 11 is 5.67. The molecule has 0 amide bonds. The molecule has 0 aromatic heterocycles. The van der Waals surface area contributed by atoms with Crippen LogP contribution in [0.25, 0.3) is 0 Å². The van der Waals surface area contributed by atoms with Gasteiger partial charge in [-0.1, -0.05) is 19.1 Å². The van der Waals surface area contributed by atoms with Gasteiger partial charge in [-0.25, -0.2) is 8.42 Å². The van der Waals surface area contributed by atoms with Gasteiger partial charge >= 0.3 is 0 Å². The predicted octanol–water partition coefficient (Wildman–Crippen LogP) is 3.28. The number of aryl methyl sites for hydroxylation is 1. The topological polar surface area (TPSA) is 37.4 Å². The van der Waals surface area contributed by atoms with E-state index in [4.69, 9.17) is 11.6 Å². The third-order valence-corrected chi connectivity index (χ3v) is 5.93. The molecule has 1 saturated heterocycles. The highest BCUT2D eigenvalue weighted by Gasteiger charge is 2.28. The standard InChI is InChI=1S/C15H22ClNO2S/c1-13-4-3-11-17(12-13)20(18,19)15-8-6-14(7-9-15)5-2-10-16/h6-9,13H,2-5,10-12H2,1H3. The monoisotopic (exact) mass is 315 g/mol. The van der Waals surface area contributed by atoms with Crippen LogP contribution in [0.4, 0.5) is 0 Å². The summed E-state index contributed by atoms with van der Waals surface area (Å²) in [6, 6.07) is 7.23. The van der Waals surface area contributed by atoms with Crippen LogP contribution in [0, 0.1) is 5.92 Å². The van der Waals surface area contributed by atoms with E-state index < -0.39 is 10.0 Å². The molecule has 0 aliphatic carbocycles. The Morgan fingerprint density at radius 1 is 1.30 bits per heavy atom. The number of sulfonamides is 1. The molecule has 1 aromatic carbocycles. The number of alkyl halides is 1. The summed E-state index contributed by atoms with van der Waals surface area (Å²) < 4.78 is 26.7. The lowest BCUT2D eigenvalue weighted by molar-refractivity contribution is 0.281. The number of benzene rings is 1. The van der Waals surface area contributed by atoms with Crippen LogP contribution in [0.1, 0.15) is 31.7 Å². The maximum Gasteiger partial charge on any atom is 0.243 e. The van der Waals surface area contributed by atoms with Crippen LogP contribution < -0.4 is 0 Å². The zero-order valence-electron chi connectivity index (χ0n) is 11.9. The number of hydrogen-bond donors (Lipinski definition) is 0. The van der Waals surface area contributed by atoms with Crippen LogP contribution in [-0.2, 0) is 16.4 Å². The fourth-order valence-corrected chi connectivity index (χ4v) is 4.34. The van der Waals surface area contributed by atoms with Gasteiger partial charge in [0.05, 0.1) is 4.90 Å². The Morgan fingerprint density at radius 3 is 2.60 bits per heavy atom. The van der Waals surface area contributed by atoms with Crippen molar-refractivity contribution < 1.29 is 8.42 Å². The second kappa shape index (κ2) is 6.92. The van der Waals surface area contributed by atoms with Crippen LogP contribution in [0.5, 0.6) is 0 Å².